The first kappa shape index (κ1) is 15.2. The number of carbonyl (C=O) groups is 1. The molecule has 2 rings (SSSR count). The predicted molar refractivity (Wildman–Crippen MR) is 80.3 cm³/mol. The van der Waals surface area contributed by atoms with Gasteiger partial charge in [0.15, 0.2) is 0 Å². The van der Waals surface area contributed by atoms with Crippen LogP contribution in [0.3, 0.4) is 0 Å². The van der Waals surface area contributed by atoms with Crippen LogP contribution >= 0.6 is 27.5 Å². The lowest BCUT2D eigenvalue weighted by atomic mass is 10.2. The molecule has 108 valence electrons. The van der Waals surface area contributed by atoms with Crippen molar-refractivity contribution in [1.82, 2.24) is 4.98 Å². The molecule has 1 aromatic heterocycles. The third-order valence-corrected chi connectivity index (χ3v) is 3.45. The molecule has 0 aliphatic carbocycles. The van der Waals surface area contributed by atoms with Crippen LogP contribution in [0.1, 0.15) is 10.4 Å². The Morgan fingerprint density at radius 2 is 2.14 bits per heavy atom. The Labute approximate surface area is 131 Å². The predicted octanol–water partition coefficient (Wildman–Crippen LogP) is 3.85. The molecule has 0 bridgehead atoms. The molecule has 0 aliphatic heterocycles. The zero-order valence-electron chi connectivity index (χ0n) is 10.2. The van der Waals surface area contributed by atoms with E-state index in [1.165, 1.54) is 24.3 Å². The highest BCUT2D eigenvalue weighted by Crippen LogP contribution is 2.30. The number of carboxylic acids is 1. The molecule has 1 aromatic carbocycles. The number of pyridine rings is 1. The zero-order chi connectivity index (χ0) is 15.6. The van der Waals surface area contributed by atoms with Crippen molar-refractivity contribution in [2.75, 3.05) is 5.32 Å². The maximum atomic E-state index is 10.8. The van der Waals surface area contributed by atoms with E-state index in [0.717, 1.165) is 6.20 Å². The van der Waals surface area contributed by atoms with Crippen molar-refractivity contribution in [2.24, 2.45) is 0 Å². The molecule has 0 amide bonds. The minimum atomic E-state index is -1.05. The van der Waals surface area contributed by atoms with Crippen molar-refractivity contribution >= 4 is 50.7 Å². The van der Waals surface area contributed by atoms with Crippen LogP contribution in [0.2, 0.25) is 5.02 Å². The van der Waals surface area contributed by atoms with E-state index >= 15 is 0 Å². The number of nitrogens with one attached hydrogen (secondary N) is 1. The summed E-state index contributed by atoms with van der Waals surface area (Å²) in [5, 5.41) is 22.4. The van der Waals surface area contributed by atoms with Gasteiger partial charge < -0.3 is 10.4 Å². The van der Waals surface area contributed by atoms with E-state index in [1.807, 2.05) is 0 Å². The Morgan fingerprint density at radius 1 is 1.43 bits per heavy atom. The van der Waals surface area contributed by atoms with E-state index < -0.39 is 10.9 Å². The van der Waals surface area contributed by atoms with Crippen molar-refractivity contribution in [2.45, 2.75) is 0 Å². The molecular formula is C12H7BrClN3O4. The summed E-state index contributed by atoms with van der Waals surface area (Å²) in [6.45, 7) is 0. The molecule has 9 heteroatoms. The van der Waals surface area contributed by atoms with E-state index in [-0.39, 0.29) is 22.1 Å². The van der Waals surface area contributed by atoms with Gasteiger partial charge in [0.2, 0.25) is 0 Å². The van der Waals surface area contributed by atoms with Gasteiger partial charge in [0.1, 0.15) is 12.0 Å². The molecule has 21 heavy (non-hydrogen) atoms. The van der Waals surface area contributed by atoms with Crippen molar-refractivity contribution in [3.05, 3.63) is 55.6 Å². The Hall–Kier alpha value is -2.19. The first-order valence-corrected chi connectivity index (χ1v) is 6.65. The van der Waals surface area contributed by atoms with Crippen LogP contribution in [0.5, 0.6) is 0 Å². The SMILES string of the molecule is O=C(O)c1ccc(Nc2ncc([N+](=O)[O-])cc2Cl)c(Br)c1. The van der Waals surface area contributed by atoms with Crippen LogP contribution in [0.25, 0.3) is 0 Å². The number of aromatic nitrogens is 1. The topological polar surface area (TPSA) is 105 Å². The Kier molecular flexibility index (Phi) is 4.39. The molecule has 0 saturated heterocycles. The van der Waals surface area contributed by atoms with Crippen molar-refractivity contribution < 1.29 is 14.8 Å². The Morgan fingerprint density at radius 3 is 2.67 bits per heavy atom. The fourth-order valence-electron chi connectivity index (χ4n) is 1.50. The molecule has 0 radical (unpaired) electrons. The molecule has 0 unspecified atom stereocenters. The summed E-state index contributed by atoms with van der Waals surface area (Å²) < 4.78 is 0.499. The smallest absolute Gasteiger partial charge is 0.335 e. The molecule has 0 spiro atoms. The summed E-state index contributed by atoms with van der Waals surface area (Å²) in [5.74, 6) is -0.820. The number of carboxylic acid groups (broad SMARTS) is 1. The van der Waals surface area contributed by atoms with Gasteiger partial charge in [-0.1, -0.05) is 11.6 Å². The minimum absolute atomic E-state index is 0.0819. The van der Waals surface area contributed by atoms with Crippen molar-refractivity contribution in [3.63, 3.8) is 0 Å². The second kappa shape index (κ2) is 6.06. The van der Waals surface area contributed by atoms with Crippen LogP contribution in [-0.2, 0) is 0 Å². The number of hydrogen-bond donors (Lipinski definition) is 2. The Bertz CT molecular complexity index is 677. The number of nitro groups is 1. The molecule has 2 aromatic rings. The molecule has 0 fully saturated rings. The monoisotopic (exact) mass is 371 g/mol. The quantitative estimate of drug-likeness (QED) is 0.624. The lowest BCUT2D eigenvalue weighted by Gasteiger charge is -2.09. The number of rotatable bonds is 4. The molecule has 2 N–H and O–H groups in total. The third kappa shape index (κ3) is 3.47. The highest BCUT2D eigenvalue weighted by molar-refractivity contribution is 9.10. The van der Waals surface area contributed by atoms with Crippen LogP contribution in [0.15, 0.2) is 34.9 Å². The van der Waals surface area contributed by atoms with E-state index in [4.69, 9.17) is 16.7 Å². The maximum Gasteiger partial charge on any atom is 0.335 e. The first-order valence-electron chi connectivity index (χ1n) is 5.48. The largest absolute Gasteiger partial charge is 0.478 e. The number of benzene rings is 1. The summed E-state index contributed by atoms with van der Waals surface area (Å²) in [4.78, 5) is 24.7. The molecular weight excluding hydrogens is 366 g/mol. The van der Waals surface area contributed by atoms with E-state index in [2.05, 4.69) is 26.2 Å². The number of anilines is 2. The number of aromatic carboxylic acids is 1. The van der Waals surface area contributed by atoms with Gasteiger partial charge in [-0.25, -0.2) is 9.78 Å². The van der Waals surface area contributed by atoms with E-state index in [1.54, 1.807) is 0 Å². The first-order chi connectivity index (χ1) is 9.88. The summed E-state index contributed by atoms with van der Waals surface area (Å²) >= 11 is 9.15. The molecule has 0 atom stereocenters. The van der Waals surface area contributed by atoms with Crippen LogP contribution in [0.4, 0.5) is 17.2 Å². The average Bonchev–Trinajstić information content (AvgIpc) is 2.42. The second-order valence-electron chi connectivity index (χ2n) is 3.91. The van der Waals surface area contributed by atoms with Gasteiger partial charge in [0, 0.05) is 10.5 Å². The fourth-order valence-corrected chi connectivity index (χ4v) is 2.18. The highest BCUT2D eigenvalue weighted by atomic mass is 79.9. The molecule has 7 nitrogen and oxygen atoms in total. The van der Waals surface area contributed by atoms with Crippen molar-refractivity contribution in [1.29, 1.82) is 0 Å². The second-order valence-corrected chi connectivity index (χ2v) is 5.17. The highest BCUT2D eigenvalue weighted by Gasteiger charge is 2.13. The fraction of sp³-hybridized carbons (Fsp3) is 0. The summed E-state index contributed by atoms with van der Waals surface area (Å²) in [6, 6.07) is 5.54. The van der Waals surface area contributed by atoms with Crippen LogP contribution in [0, 0.1) is 10.1 Å². The van der Waals surface area contributed by atoms with Crippen LogP contribution < -0.4 is 5.32 Å². The maximum absolute atomic E-state index is 10.8. The van der Waals surface area contributed by atoms with Gasteiger partial charge in [-0.2, -0.15) is 0 Å². The summed E-state index contributed by atoms with van der Waals surface area (Å²) in [7, 11) is 0. The molecule has 1 heterocycles. The standard InChI is InChI=1S/C12H7BrClN3O4/c13-8-3-6(12(18)19)1-2-10(8)16-11-9(14)4-7(5-15-11)17(20)21/h1-5H,(H,15,16)(H,18,19). The normalized spacial score (nSPS) is 10.2. The lowest BCUT2D eigenvalue weighted by molar-refractivity contribution is -0.385. The zero-order valence-corrected chi connectivity index (χ0v) is 12.6. The number of hydrogen-bond acceptors (Lipinski definition) is 5. The summed E-state index contributed by atoms with van der Waals surface area (Å²) in [6.07, 6.45) is 1.08. The summed E-state index contributed by atoms with van der Waals surface area (Å²) in [5.41, 5.74) is 0.435. The van der Waals surface area contributed by atoms with Gasteiger partial charge in [0.05, 0.1) is 21.2 Å². The molecule has 0 aliphatic rings. The van der Waals surface area contributed by atoms with Gasteiger partial charge in [0.25, 0.3) is 5.69 Å². The lowest BCUT2D eigenvalue weighted by Crippen LogP contribution is -2.00. The van der Waals surface area contributed by atoms with Gasteiger partial charge in [-0.15, -0.1) is 0 Å². The van der Waals surface area contributed by atoms with E-state index in [9.17, 15) is 14.9 Å². The van der Waals surface area contributed by atoms with E-state index in [0.29, 0.717) is 10.2 Å². The molecule has 0 saturated carbocycles. The van der Waals surface area contributed by atoms with Gasteiger partial charge in [-0.3, -0.25) is 10.1 Å². The Balaban J connectivity index is 2.30. The van der Waals surface area contributed by atoms with Gasteiger partial charge in [-0.05, 0) is 34.1 Å². The average molecular weight is 373 g/mol. The number of nitrogens with zero attached hydrogens (tertiary/aromatic N) is 2. The third-order valence-electron chi connectivity index (χ3n) is 2.51. The van der Waals surface area contributed by atoms with Crippen LogP contribution in [-0.4, -0.2) is 21.0 Å². The van der Waals surface area contributed by atoms with Crippen molar-refractivity contribution in [3.8, 4) is 0 Å². The van der Waals surface area contributed by atoms with Gasteiger partial charge >= 0.3 is 5.97 Å². The number of halogens is 2. The minimum Gasteiger partial charge on any atom is -0.478 e.